The first-order valence-corrected chi connectivity index (χ1v) is 9.25. The molecular formula is C24H19FO5. The predicted octanol–water partition coefficient (Wildman–Crippen LogP) is 5.04. The number of rotatable bonds is 6. The molecule has 1 heterocycles. The van der Waals surface area contributed by atoms with Gasteiger partial charge in [-0.3, -0.25) is 4.79 Å². The molecule has 1 aliphatic rings. The Morgan fingerprint density at radius 1 is 1.00 bits per heavy atom. The van der Waals surface area contributed by atoms with Gasteiger partial charge >= 0.3 is 0 Å². The van der Waals surface area contributed by atoms with Gasteiger partial charge in [0.05, 0.1) is 19.8 Å². The van der Waals surface area contributed by atoms with Gasteiger partial charge in [-0.05, 0) is 42.0 Å². The molecule has 0 N–H and O–H groups in total. The Morgan fingerprint density at radius 3 is 2.53 bits per heavy atom. The number of carbonyl (C=O) groups excluding carboxylic acids is 1. The van der Waals surface area contributed by atoms with Crippen molar-refractivity contribution in [1.82, 2.24) is 0 Å². The maximum absolute atomic E-state index is 13.0. The van der Waals surface area contributed by atoms with E-state index < -0.39 is 0 Å². The van der Waals surface area contributed by atoms with E-state index in [9.17, 15) is 9.18 Å². The topological polar surface area (TPSA) is 54.0 Å². The number of halogens is 1. The van der Waals surface area contributed by atoms with E-state index in [4.69, 9.17) is 18.9 Å². The van der Waals surface area contributed by atoms with Gasteiger partial charge in [0.1, 0.15) is 23.9 Å². The second-order valence-electron chi connectivity index (χ2n) is 6.60. The summed E-state index contributed by atoms with van der Waals surface area (Å²) >= 11 is 0. The van der Waals surface area contributed by atoms with Crippen molar-refractivity contribution in [1.29, 1.82) is 0 Å². The van der Waals surface area contributed by atoms with Crippen molar-refractivity contribution in [2.45, 2.75) is 6.61 Å². The zero-order valence-corrected chi connectivity index (χ0v) is 16.5. The molecule has 1 aliphatic heterocycles. The highest BCUT2D eigenvalue weighted by molar-refractivity contribution is 6.14. The van der Waals surface area contributed by atoms with Crippen LogP contribution in [0.2, 0.25) is 0 Å². The van der Waals surface area contributed by atoms with Crippen LogP contribution in [0, 0.1) is 5.82 Å². The Bertz CT molecular complexity index is 1120. The molecule has 5 nitrogen and oxygen atoms in total. The van der Waals surface area contributed by atoms with Gasteiger partial charge in [0.15, 0.2) is 17.3 Å². The Labute approximate surface area is 173 Å². The first-order chi connectivity index (χ1) is 14.6. The fraction of sp³-hybridized carbons (Fsp3) is 0.125. The first-order valence-electron chi connectivity index (χ1n) is 9.25. The zero-order valence-electron chi connectivity index (χ0n) is 16.5. The van der Waals surface area contributed by atoms with Crippen molar-refractivity contribution >= 4 is 11.9 Å². The third-order valence-electron chi connectivity index (χ3n) is 4.68. The number of methoxy groups -OCH3 is 2. The van der Waals surface area contributed by atoms with Crippen LogP contribution in [0.25, 0.3) is 6.08 Å². The van der Waals surface area contributed by atoms with Crippen molar-refractivity contribution in [3.05, 3.63) is 88.9 Å². The van der Waals surface area contributed by atoms with E-state index in [-0.39, 0.29) is 24.0 Å². The quantitative estimate of drug-likeness (QED) is 0.537. The molecule has 0 aromatic heterocycles. The lowest BCUT2D eigenvalue weighted by molar-refractivity contribution is 0.101. The van der Waals surface area contributed by atoms with Crippen LogP contribution >= 0.6 is 0 Å². The summed E-state index contributed by atoms with van der Waals surface area (Å²) in [6.07, 6.45) is 1.63. The van der Waals surface area contributed by atoms with E-state index in [0.29, 0.717) is 34.1 Å². The molecule has 0 saturated heterocycles. The maximum Gasteiger partial charge on any atom is 0.231 e. The van der Waals surface area contributed by atoms with Crippen molar-refractivity contribution in [2.75, 3.05) is 14.2 Å². The highest BCUT2D eigenvalue weighted by Crippen LogP contribution is 2.37. The molecule has 0 fully saturated rings. The molecule has 0 bridgehead atoms. The van der Waals surface area contributed by atoms with E-state index in [1.54, 1.807) is 49.6 Å². The fourth-order valence-electron chi connectivity index (χ4n) is 3.17. The normalized spacial score (nSPS) is 13.7. The molecule has 6 heteroatoms. The van der Waals surface area contributed by atoms with E-state index in [1.165, 1.54) is 19.2 Å². The molecule has 0 amide bonds. The van der Waals surface area contributed by atoms with Crippen LogP contribution in [0.4, 0.5) is 4.39 Å². The van der Waals surface area contributed by atoms with Gasteiger partial charge in [-0.25, -0.2) is 4.39 Å². The van der Waals surface area contributed by atoms with Gasteiger partial charge in [0, 0.05) is 11.6 Å². The van der Waals surface area contributed by atoms with Crippen LogP contribution < -0.4 is 18.9 Å². The molecule has 4 rings (SSSR count). The molecule has 30 heavy (non-hydrogen) atoms. The molecule has 0 saturated carbocycles. The molecule has 0 atom stereocenters. The smallest absolute Gasteiger partial charge is 0.231 e. The number of ether oxygens (including phenoxy) is 4. The SMILES string of the molecule is COc1cccc(/C=C2/Oc3cc(OCc4ccc(F)cc4)ccc3C2=O)c1OC. The van der Waals surface area contributed by atoms with E-state index >= 15 is 0 Å². The van der Waals surface area contributed by atoms with Crippen molar-refractivity contribution in [2.24, 2.45) is 0 Å². The first kappa shape index (κ1) is 19.5. The standard InChI is InChI=1S/C24H19FO5/c1-27-20-5-3-4-16(24(20)28-2)12-22-23(26)19-11-10-18(13-21(19)30-22)29-14-15-6-8-17(25)9-7-15/h3-13H,14H2,1-2H3/b22-12+. The maximum atomic E-state index is 13.0. The number of allylic oxidation sites excluding steroid dienone is 1. The molecule has 0 aliphatic carbocycles. The lowest BCUT2D eigenvalue weighted by Crippen LogP contribution is -1.99. The van der Waals surface area contributed by atoms with Crippen molar-refractivity contribution in [3.8, 4) is 23.0 Å². The molecule has 0 spiro atoms. The zero-order chi connectivity index (χ0) is 21.1. The monoisotopic (exact) mass is 406 g/mol. The minimum absolute atomic E-state index is 0.187. The Morgan fingerprint density at radius 2 is 1.80 bits per heavy atom. The Hall–Kier alpha value is -3.80. The van der Waals surface area contributed by atoms with Gasteiger partial charge < -0.3 is 18.9 Å². The molecule has 0 radical (unpaired) electrons. The summed E-state index contributed by atoms with van der Waals surface area (Å²) in [5.41, 5.74) is 1.96. The number of ketones is 1. The van der Waals surface area contributed by atoms with E-state index in [0.717, 1.165) is 5.56 Å². The van der Waals surface area contributed by atoms with Crippen molar-refractivity contribution < 1.29 is 28.1 Å². The second kappa shape index (κ2) is 8.29. The Kier molecular flexibility index (Phi) is 5.39. The average molecular weight is 406 g/mol. The van der Waals surface area contributed by atoms with Crippen molar-refractivity contribution in [3.63, 3.8) is 0 Å². The molecule has 152 valence electrons. The van der Waals surface area contributed by atoms with Gasteiger partial charge in [-0.1, -0.05) is 24.3 Å². The number of fused-ring (bicyclic) bond motifs is 1. The summed E-state index contributed by atoms with van der Waals surface area (Å²) in [5.74, 6) is 1.72. The van der Waals surface area contributed by atoms with E-state index in [2.05, 4.69) is 0 Å². The van der Waals surface area contributed by atoms with Crippen LogP contribution in [0.15, 0.2) is 66.4 Å². The summed E-state index contributed by atoms with van der Waals surface area (Å²) in [6.45, 7) is 0.275. The number of hydrogen-bond acceptors (Lipinski definition) is 5. The summed E-state index contributed by atoms with van der Waals surface area (Å²) in [4.78, 5) is 12.7. The third-order valence-corrected chi connectivity index (χ3v) is 4.68. The van der Waals surface area contributed by atoms with Crippen LogP contribution in [0.1, 0.15) is 21.5 Å². The minimum Gasteiger partial charge on any atom is -0.493 e. The number of para-hydroxylation sites is 1. The van der Waals surface area contributed by atoms with Crippen LogP contribution in [-0.2, 0) is 6.61 Å². The number of Topliss-reactive ketones (excluding diaryl/α,β-unsaturated/α-hetero) is 1. The largest absolute Gasteiger partial charge is 0.493 e. The summed E-state index contributed by atoms with van der Waals surface area (Å²) < 4.78 is 35.3. The number of benzene rings is 3. The summed E-state index contributed by atoms with van der Waals surface area (Å²) in [7, 11) is 3.09. The highest BCUT2D eigenvalue weighted by atomic mass is 19.1. The molecule has 0 unspecified atom stereocenters. The molecular weight excluding hydrogens is 387 g/mol. The van der Waals surface area contributed by atoms with Gasteiger partial charge in [0.25, 0.3) is 0 Å². The molecule has 3 aromatic rings. The summed E-state index contributed by atoms with van der Waals surface area (Å²) in [6, 6.07) is 16.5. The lowest BCUT2D eigenvalue weighted by Gasteiger charge is -2.10. The predicted molar refractivity (Wildman–Crippen MR) is 110 cm³/mol. The van der Waals surface area contributed by atoms with Gasteiger partial charge in [-0.2, -0.15) is 0 Å². The highest BCUT2D eigenvalue weighted by Gasteiger charge is 2.28. The average Bonchev–Trinajstić information content (AvgIpc) is 3.07. The third kappa shape index (κ3) is 3.85. The fourth-order valence-corrected chi connectivity index (χ4v) is 3.17. The van der Waals surface area contributed by atoms with Gasteiger partial charge in [-0.15, -0.1) is 0 Å². The van der Waals surface area contributed by atoms with Crippen LogP contribution in [-0.4, -0.2) is 20.0 Å². The van der Waals surface area contributed by atoms with Gasteiger partial charge in [0.2, 0.25) is 5.78 Å². The summed E-state index contributed by atoms with van der Waals surface area (Å²) in [5, 5.41) is 0. The minimum atomic E-state index is -0.296. The van der Waals surface area contributed by atoms with Crippen LogP contribution in [0.5, 0.6) is 23.0 Å². The van der Waals surface area contributed by atoms with E-state index in [1.807, 2.05) is 12.1 Å². The molecule has 3 aromatic carbocycles. The second-order valence-corrected chi connectivity index (χ2v) is 6.60. The Balaban J connectivity index is 1.54. The number of carbonyl (C=O) groups is 1. The number of hydrogen-bond donors (Lipinski definition) is 0. The lowest BCUT2D eigenvalue weighted by atomic mass is 10.1. The van der Waals surface area contributed by atoms with Crippen LogP contribution in [0.3, 0.4) is 0 Å².